The second-order valence-electron chi connectivity index (χ2n) is 7.06. The van der Waals surface area contributed by atoms with Gasteiger partial charge in [0.15, 0.2) is 0 Å². The van der Waals surface area contributed by atoms with Gasteiger partial charge in [-0.2, -0.15) is 12.6 Å². The molecule has 1 fully saturated rings. The first kappa shape index (κ1) is 18.1. The molecule has 0 radical (unpaired) electrons. The second kappa shape index (κ2) is 7.38. The van der Waals surface area contributed by atoms with Gasteiger partial charge in [0.05, 0.1) is 12.4 Å². The smallest absolute Gasteiger partial charge is 0.407 e. The van der Waals surface area contributed by atoms with E-state index in [1.54, 1.807) is 6.92 Å². The van der Waals surface area contributed by atoms with Crippen molar-refractivity contribution >= 4 is 24.6 Å². The molecule has 1 aliphatic rings. The summed E-state index contributed by atoms with van der Waals surface area (Å²) in [5.74, 6) is 0.141. The Morgan fingerprint density at radius 1 is 1.33 bits per heavy atom. The average Bonchev–Trinajstić information content (AvgIpc) is 2.33. The Labute approximate surface area is 136 Å². The van der Waals surface area contributed by atoms with Gasteiger partial charge in [0.25, 0.3) is 0 Å². The van der Waals surface area contributed by atoms with E-state index >= 15 is 0 Å². The largest absolute Gasteiger partial charge is 0.450 e. The monoisotopic (exact) mass is 320 g/mol. The topological polar surface area (TPSA) is 67.4 Å². The third kappa shape index (κ3) is 6.16. The van der Waals surface area contributed by atoms with Crippen molar-refractivity contribution in [1.82, 2.24) is 10.6 Å². The van der Waals surface area contributed by atoms with Crippen molar-refractivity contribution in [3.05, 3.63) is 0 Å². The van der Waals surface area contributed by atoms with Gasteiger partial charge in [-0.1, -0.05) is 20.8 Å². The van der Waals surface area contributed by atoms with Crippen molar-refractivity contribution in [3.63, 3.8) is 0 Å². The van der Waals surface area contributed by atoms with Crippen LogP contribution < -0.4 is 10.6 Å². The predicted octanol–water partition coefficient (Wildman–Crippen LogP) is 2.86. The number of carbonyl (C=O) groups excluding carboxylic acids is 2. The molecule has 0 heterocycles. The molecule has 126 valence electrons. The van der Waals surface area contributed by atoms with Crippen LogP contribution in [0.25, 0.3) is 0 Å². The summed E-state index contributed by atoms with van der Waals surface area (Å²) in [5, 5.41) is 5.86. The van der Waals surface area contributed by atoms with Crippen molar-refractivity contribution in [2.24, 2.45) is 10.8 Å². The lowest BCUT2D eigenvalue weighted by molar-refractivity contribution is -0.119. The highest BCUT2D eigenvalue weighted by atomic mass is 32.1. The number of thiol groups is 1. The Balaban J connectivity index is 0. The lowest BCUT2D eigenvalue weighted by Crippen LogP contribution is -2.50. The second-order valence-corrected chi connectivity index (χ2v) is 7.37. The Bertz CT molecular complexity index is 397. The minimum absolute atomic E-state index is 0. The number of amides is 2. The van der Waals surface area contributed by atoms with Crippen LogP contribution in [0.4, 0.5) is 4.79 Å². The molecule has 2 unspecified atom stereocenters. The lowest BCUT2D eigenvalue weighted by Gasteiger charge is -2.46. The highest BCUT2D eigenvalue weighted by molar-refractivity contribution is 7.81. The fourth-order valence-electron chi connectivity index (χ4n) is 3.58. The standard InChI is InChI=1S/C15H28N2O3S.2H2/c1-5-20-13(19)17-11-6-14(2,3)9-15(4,7-11)10-16-12(18)8-21;;/h11,21H,5-10H2,1-4H3,(H,16,18)(H,17,19);2*1H. The molecule has 1 saturated carbocycles. The molecular weight excluding hydrogens is 288 g/mol. The maximum atomic E-state index is 11.6. The minimum Gasteiger partial charge on any atom is -0.450 e. The van der Waals surface area contributed by atoms with Crippen LogP contribution in [0.3, 0.4) is 0 Å². The zero-order valence-corrected chi connectivity index (χ0v) is 14.4. The lowest BCUT2D eigenvalue weighted by atomic mass is 9.62. The molecule has 2 N–H and O–H groups in total. The number of hydrogen-bond acceptors (Lipinski definition) is 4. The highest BCUT2D eigenvalue weighted by Crippen LogP contribution is 2.45. The fraction of sp³-hybridized carbons (Fsp3) is 0.867. The van der Waals surface area contributed by atoms with Crippen LogP contribution in [0.15, 0.2) is 0 Å². The summed E-state index contributed by atoms with van der Waals surface area (Å²) < 4.78 is 4.97. The van der Waals surface area contributed by atoms with Crippen LogP contribution in [0.1, 0.15) is 49.8 Å². The maximum Gasteiger partial charge on any atom is 0.407 e. The van der Waals surface area contributed by atoms with Crippen LogP contribution >= 0.6 is 12.6 Å². The quantitative estimate of drug-likeness (QED) is 0.682. The van der Waals surface area contributed by atoms with E-state index in [1.807, 2.05) is 0 Å². The molecular formula is C15H32N2O3S. The van der Waals surface area contributed by atoms with E-state index in [0.717, 1.165) is 19.3 Å². The van der Waals surface area contributed by atoms with Crippen LogP contribution in [-0.2, 0) is 9.53 Å². The Morgan fingerprint density at radius 2 is 2.00 bits per heavy atom. The van der Waals surface area contributed by atoms with Crippen molar-refractivity contribution in [1.29, 1.82) is 0 Å². The number of rotatable bonds is 5. The normalized spacial score (nSPS) is 27.8. The molecule has 0 saturated heterocycles. The number of hydrogen-bond donors (Lipinski definition) is 3. The molecule has 1 rings (SSSR count). The fourth-order valence-corrected chi connectivity index (χ4v) is 3.69. The number of alkyl carbamates (subject to hydrolysis) is 1. The summed E-state index contributed by atoms with van der Waals surface area (Å²) >= 11 is 3.98. The zero-order valence-electron chi connectivity index (χ0n) is 13.5. The van der Waals surface area contributed by atoms with Crippen LogP contribution in [0.2, 0.25) is 0 Å². The molecule has 0 aromatic carbocycles. The van der Waals surface area contributed by atoms with E-state index in [-0.39, 0.29) is 37.5 Å². The van der Waals surface area contributed by atoms with Gasteiger partial charge in [-0.15, -0.1) is 0 Å². The van der Waals surface area contributed by atoms with Gasteiger partial charge in [-0.05, 0) is 37.0 Å². The Kier molecular flexibility index (Phi) is 6.38. The molecule has 1 aliphatic carbocycles. The summed E-state index contributed by atoms with van der Waals surface area (Å²) in [6, 6.07) is 0.0747. The summed E-state index contributed by atoms with van der Waals surface area (Å²) in [6.45, 7) is 9.33. The van der Waals surface area contributed by atoms with Crippen molar-refractivity contribution in [2.45, 2.75) is 53.0 Å². The van der Waals surface area contributed by atoms with Gasteiger partial charge in [0.1, 0.15) is 0 Å². The van der Waals surface area contributed by atoms with Crippen molar-refractivity contribution in [2.75, 3.05) is 18.9 Å². The van der Waals surface area contributed by atoms with Gasteiger partial charge < -0.3 is 15.4 Å². The number of ether oxygens (including phenoxy) is 1. The van der Waals surface area contributed by atoms with Crippen LogP contribution in [0.5, 0.6) is 0 Å². The van der Waals surface area contributed by atoms with Gasteiger partial charge in [-0.25, -0.2) is 4.79 Å². The van der Waals surface area contributed by atoms with E-state index in [9.17, 15) is 9.59 Å². The molecule has 5 nitrogen and oxygen atoms in total. The number of carbonyl (C=O) groups is 2. The van der Waals surface area contributed by atoms with E-state index in [4.69, 9.17) is 4.74 Å². The van der Waals surface area contributed by atoms with Gasteiger partial charge >= 0.3 is 6.09 Å². The first-order valence-corrected chi connectivity index (χ1v) is 8.14. The maximum absolute atomic E-state index is 11.6. The summed E-state index contributed by atoms with van der Waals surface area (Å²) in [6.07, 6.45) is 2.40. The van der Waals surface area contributed by atoms with Crippen molar-refractivity contribution < 1.29 is 17.2 Å². The Morgan fingerprint density at radius 3 is 2.57 bits per heavy atom. The third-order valence-electron chi connectivity index (χ3n) is 3.90. The van der Waals surface area contributed by atoms with E-state index in [0.29, 0.717) is 13.2 Å². The molecule has 0 aromatic rings. The first-order valence-electron chi connectivity index (χ1n) is 7.50. The van der Waals surface area contributed by atoms with Crippen molar-refractivity contribution in [3.8, 4) is 0 Å². The van der Waals surface area contributed by atoms with E-state index in [1.165, 1.54) is 0 Å². The molecule has 2 atom stereocenters. The van der Waals surface area contributed by atoms with Crippen LogP contribution in [-0.4, -0.2) is 36.9 Å². The summed E-state index contributed by atoms with van der Waals surface area (Å²) in [4.78, 5) is 23.1. The third-order valence-corrected chi connectivity index (χ3v) is 4.18. The van der Waals surface area contributed by atoms with E-state index < -0.39 is 0 Å². The average molecular weight is 320 g/mol. The molecule has 21 heavy (non-hydrogen) atoms. The zero-order chi connectivity index (χ0) is 16.1. The SMILES string of the molecule is CCOC(=O)NC1CC(C)(C)CC(C)(CNC(=O)CS)C1.[HH].[HH]. The number of nitrogens with one attached hydrogen (secondary N) is 2. The van der Waals surface area contributed by atoms with Gasteiger partial charge in [0.2, 0.25) is 5.91 Å². The summed E-state index contributed by atoms with van der Waals surface area (Å²) in [5.41, 5.74) is 0.0768. The molecule has 0 aromatic heterocycles. The summed E-state index contributed by atoms with van der Waals surface area (Å²) in [7, 11) is 0. The molecule has 6 heteroatoms. The molecule has 0 bridgehead atoms. The first-order chi connectivity index (χ1) is 9.69. The molecule has 0 spiro atoms. The van der Waals surface area contributed by atoms with E-state index in [2.05, 4.69) is 44.0 Å². The molecule has 2 amide bonds. The Hall–Kier alpha value is -0.910. The highest BCUT2D eigenvalue weighted by Gasteiger charge is 2.41. The minimum atomic E-state index is -0.359. The van der Waals surface area contributed by atoms with Gasteiger partial charge in [-0.3, -0.25) is 4.79 Å². The van der Waals surface area contributed by atoms with Crippen LogP contribution in [0, 0.1) is 10.8 Å². The predicted molar refractivity (Wildman–Crippen MR) is 90.8 cm³/mol. The van der Waals surface area contributed by atoms with Gasteiger partial charge in [0, 0.05) is 15.4 Å². The molecule has 0 aliphatic heterocycles.